The monoisotopic (exact) mass is 361 g/mol. The second-order valence-electron chi connectivity index (χ2n) is 5.81. The van der Waals surface area contributed by atoms with E-state index in [1.807, 2.05) is 6.92 Å². The smallest absolute Gasteiger partial charge is 0.350 e. The van der Waals surface area contributed by atoms with Crippen molar-refractivity contribution >= 4 is 5.95 Å². The minimum atomic E-state index is -4.59. The average Bonchev–Trinajstić information content (AvgIpc) is 2.61. The molecule has 1 N–H and O–H groups in total. The molecular formula is C19H15F4N3. The van der Waals surface area contributed by atoms with Crippen LogP contribution < -0.4 is 5.32 Å². The summed E-state index contributed by atoms with van der Waals surface area (Å²) in [6, 6.07) is 13.6. The van der Waals surface area contributed by atoms with Crippen LogP contribution in [0, 0.1) is 12.7 Å². The van der Waals surface area contributed by atoms with Crippen molar-refractivity contribution in [1.29, 1.82) is 0 Å². The van der Waals surface area contributed by atoms with E-state index in [0.29, 0.717) is 11.1 Å². The number of anilines is 1. The summed E-state index contributed by atoms with van der Waals surface area (Å²) in [4.78, 5) is 7.74. The van der Waals surface area contributed by atoms with Gasteiger partial charge in [0.05, 0.1) is 5.69 Å². The van der Waals surface area contributed by atoms with Crippen LogP contribution in [0.5, 0.6) is 0 Å². The Morgan fingerprint density at radius 2 is 1.58 bits per heavy atom. The summed E-state index contributed by atoms with van der Waals surface area (Å²) in [6.45, 7) is 2.06. The molecular weight excluding hydrogens is 346 g/mol. The van der Waals surface area contributed by atoms with Gasteiger partial charge in [0.15, 0.2) is 5.69 Å². The van der Waals surface area contributed by atoms with Gasteiger partial charge in [0.2, 0.25) is 5.95 Å². The minimum Gasteiger partial charge on any atom is -0.350 e. The molecule has 3 aromatic rings. The average molecular weight is 361 g/mol. The van der Waals surface area contributed by atoms with Crippen molar-refractivity contribution in [2.24, 2.45) is 0 Å². The van der Waals surface area contributed by atoms with E-state index in [2.05, 4.69) is 15.3 Å². The lowest BCUT2D eigenvalue weighted by Crippen LogP contribution is -2.12. The number of aryl methyl sites for hydroxylation is 1. The molecule has 0 saturated heterocycles. The number of nitrogens with one attached hydrogen (secondary N) is 1. The highest BCUT2D eigenvalue weighted by atomic mass is 19.4. The topological polar surface area (TPSA) is 37.8 Å². The molecule has 3 nitrogen and oxygen atoms in total. The third-order valence-corrected chi connectivity index (χ3v) is 3.73. The molecule has 0 fully saturated rings. The number of alkyl halides is 3. The number of nitrogens with zero attached hydrogens (tertiary/aromatic N) is 2. The van der Waals surface area contributed by atoms with Crippen LogP contribution in [0.4, 0.5) is 23.5 Å². The molecule has 0 spiro atoms. The third kappa shape index (κ3) is 4.36. The zero-order chi connectivity index (χ0) is 18.7. The fourth-order valence-corrected chi connectivity index (χ4v) is 2.33. The Hall–Kier alpha value is -2.96. The molecule has 1 heterocycles. The quantitative estimate of drug-likeness (QED) is 0.647. The first-order valence-corrected chi connectivity index (χ1v) is 7.83. The van der Waals surface area contributed by atoms with E-state index < -0.39 is 11.9 Å². The molecule has 26 heavy (non-hydrogen) atoms. The molecule has 2 aromatic carbocycles. The first kappa shape index (κ1) is 17.8. The lowest BCUT2D eigenvalue weighted by atomic mass is 10.1. The van der Waals surface area contributed by atoms with Crippen molar-refractivity contribution in [1.82, 2.24) is 9.97 Å². The van der Waals surface area contributed by atoms with Gasteiger partial charge < -0.3 is 5.32 Å². The highest BCUT2D eigenvalue weighted by Crippen LogP contribution is 2.31. The molecule has 7 heteroatoms. The van der Waals surface area contributed by atoms with Crippen LogP contribution in [0.1, 0.15) is 16.8 Å². The van der Waals surface area contributed by atoms with Crippen molar-refractivity contribution in [3.8, 4) is 11.3 Å². The van der Waals surface area contributed by atoms with Crippen molar-refractivity contribution in [2.45, 2.75) is 19.6 Å². The van der Waals surface area contributed by atoms with Gasteiger partial charge in [-0.2, -0.15) is 13.2 Å². The van der Waals surface area contributed by atoms with E-state index in [0.717, 1.165) is 11.6 Å². The number of halogens is 4. The van der Waals surface area contributed by atoms with Crippen LogP contribution in [0.15, 0.2) is 54.6 Å². The second-order valence-corrected chi connectivity index (χ2v) is 5.81. The number of hydrogen-bond acceptors (Lipinski definition) is 3. The summed E-state index contributed by atoms with van der Waals surface area (Å²) in [5, 5.41) is 2.77. The summed E-state index contributed by atoms with van der Waals surface area (Å²) < 4.78 is 52.5. The largest absolute Gasteiger partial charge is 0.433 e. The lowest BCUT2D eigenvalue weighted by molar-refractivity contribution is -0.141. The minimum absolute atomic E-state index is 0.139. The number of aromatic nitrogens is 2. The van der Waals surface area contributed by atoms with Gasteiger partial charge in [-0.15, -0.1) is 0 Å². The van der Waals surface area contributed by atoms with Crippen molar-refractivity contribution in [3.05, 3.63) is 77.2 Å². The van der Waals surface area contributed by atoms with E-state index in [4.69, 9.17) is 0 Å². The molecule has 3 rings (SSSR count). The van der Waals surface area contributed by atoms with Crippen LogP contribution in [0.2, 0.25) is 0 Å². The highest BCUT2D eigenvalue weighted by Gasteiger charge is 2.33. The van der Waals surface area contributed by atoms with Gasteiger partial charge in [-0.1, -0.05) is 42.0 Å². The first-order valence-electron chi connectivity index (χ1n) is 7.83. The zero-order valence-corrected chi connectivity index (χ0v) is 13.8. The maximum Gasteiger partial charge on any atom is 0.433 e. The van der Waals surface area contributed by atoms with Crippen LogP contribution in [-0.2, 0) is 12.7 Å². The molecule has 134 valence electrons. The predicted molar refractivity (Wildman–Crippen MR) is 90.9 cm³/mol. The first-order chi connectivity index (χ1) is 12.3. The molecule has 0 aliphatic heterocycles. The number of benzene rings is 2. The second kappa shape index (κ2) is 7.11. The van der Waals surface area contributed by atoms with Gasteiger partial charge in [-0.3, -0.25) is 0 Å². The Bertz CT molecular complexity index is 888. The Morgan fingerprint density at radius 3 is 2.19 bits per heavy atom. The number of hydrogen-bond donors (Lipinski definition) is 1. The lowest BCUT2D eigenvalue weighted by Gasteiger charge is -2.12. The molecule has 0 radical (unpaired) electrons. The van der Waals surface area contributed by atoms with Gasteiger partial charge in [0, 0.05) is 12.1 Å². The van der Waals surface area contributed by atoms with Crippen molar-refractivity contribution in [2.75, 3.05) is 5.32 Å². The van der Waals surface area contributed by atoms with E-state index in [1.54, 1.807) is 24.3 Å². The molecule has 0 atom stereocenters. The summed E-state index contributed by atoms with van der Waals surface area (Å²) in [7, 11) is 0. The molecule has 0 saturated carbocycles. The summed E-state index contributed by atoms with van der Waals surface area (Å²) >= 11 is 0. The fourth-order valence-electron chi connectivity index (χ4n) is 2.33. The van der Waals surface area contributed by atoms with Crippen LogP contribution in [0.3, 0.4) is 0 Å². The molecule has 0 aliphatic carbocycles. The van der Waals surface area contributed by atoms with Crippen LogP contribution in [-0.4, -0.2) is 9.97 Å². The van der Waals surface area contributed by atoms with E-state index in [1.165, 1.54) is 24.3 Å². The summed E-state index contributed by atoms with van der Waals surface area (Å²) in [5.41, 5.74) is 1.41. The summed E-state index contributed by atoms with van der Waals surface area (Å²) in [5.74, 6) is -0.523. The van der Waals surface area contributed by atoms with Crippen molar-refractivity contribution < 1.29 is 17.6 Å². The normalized spacial score (nSPS) is 11.4. The highest BCUT2D eigenvalue weighted by molar-refractivity contribution is 5.61. The molecule has 1 aromatic heterocycles. The molecule has 0 amide bonds. The van der Waals surface area contributed by atoms with Gasteiger partial charge in [0.25, 0.3) is 0 Å². The Morgan fingerprint density at radius 1 is 0.923 bits per heavy atom. The third-order valence-electron chi connectivity index (χ3n) is 3.73. The van der Waals surface area contributed by atoms with Crippen LogP contribution in [0.25, 0.3) is 11.3 Å². The van der Waals surface area contributed by atoms with E-state index >= 15 is 0 Å². The Kier molecular flexibility index (Phi) is 4.88. The van der Waals surface area contributed by atoms with Gasteiger partial charge >= 0.3 is 6.18 Å². The molecule has 0 aliphatic rings. The van der Waals surface area contributed by atoms with Crippen LogP contribution >= 0.6 is 0 Å². The predicted octanol–water partition coefficient (Wildman–Crippen LogP) is 5.22. The maximum absolute atomic E-state index is 13.2. The SMILES string of the molecule is Cc1ccc(-c2cc(C(F)(F)F)nc(NCc3ccc(F)cc3)n2)cc1. The van der Waals surface area contributed by atoms with Crippen molar-refractivity contribution in [3.63, 3.8) is 0 Å². The maximum atomic E-state index is 13.2. The summed E-state index contributed by atoms with van der Waals surface area (Å²) in [6.07, 6.45) is -4.59. The Balaban J connectivity index is 1.92. The zero-order valence-electron chi connectivity index (χ0n) is 13.8. The van der Waals surface area contributed by atoms with E-state index in [-0.39, 0.29) is 24.0 Å². The number of rotatable bonds is 4. The fraction of sp³-hybridized carbons (Fsp3) is 0.158. The van der Waals surface area contributed by atoms with Gasteiger partial charge in [-0.25, -0.2) is 14.4 Å². The van der Waals surface area contributed by atoms with Gasteiger partial charge in [-0.05, 0) is 30.7 Å². The molecule has 0 bridgehead atoms. The van der Waals surface area contributed by atoms with E-state index in [9.17, 15) is 17.6 Å². The Labute approximate surface area is 147 Å². The molecule has 0 unspecified atom stereocenters. The standard InChI is InChI=1S/C19H15F4N3/c1-12-2-6-14(7-3-12)16-10-17(19(21,22)23)26-18(25-16)24-11-13-4-8-15(20)9-5-13/h2-10H,11H2,1H3,(H,24,25,26). The van der Waals surface area contributed by atoms with Gasteiger partial charge in [0.1, 0.15) is 5.82 Å².